The first kappa shape index (κ1) is 23.4. The lowest BCUT2D eigenvalue weighted by atomic mass is 10.00. The number of para-hydroxylation sites is 2. The van der Waals surface area contributed by atoms with E-state index in [4.69, 9.17) is 4.42 Å². The predicted octanol–water partition coefficient (Wildman–Crippen LogP) is 11.1. The molecule has 0 radical (unpaired) electrons. The third-order valence-electron chi connectivity index (χ3n) is 7.79. The van der Waals surface area contributed by atoms with Crippen molar-refractivity contribution in [3.05, 3.63) is 152 Å². The summed E-state index contributed by atoms with van der Waals surface area (Å²) >= 11 is 0. The van der Waals surface area contributed by atoms with E-state index in [-0.39, 0.29) is 0 Å². The number of hydrogen-bond donors (Lipinski definition) is 1. The van der Waals surface area contributed by atoms with Gasteiger partial charge in [0.2, 0.25) is 0 Å². The van der Waals surface area contributed by atoms with E-state index < -0.39 is 0 Å². The van der Waals surface area contributed by atoms with Crippen molar-refractivity contribution in [3.63, 3.8) is 0 Å². The Labute approximate surface area is 237 Å². The van der Waals surface area contributed by atoms with Gasteiger partial charge in [-0.25, -0.2) is 0 Å². The van der Waals surface area contributed by atoms with Gasteiger partial charge in [0.05, 0.1) is 0 Å². The summed E-state index contributed by atoms with van der Waals surface area (Å²) < 4.78 is 6.39. The van der Waals surface area contributed by atoms with Gasteiger partial charge in [-0.2, -0.15) is 0 Å². The van der Waals surface area contributed by atoms with Crippen LogP contribution in [0.15, 0.2) is 156 Å². The molecule has 7 aromatic carbocycles. The molecule has 0 fully saturated rings. The summed E-state index contributed by atoms with van der Waals surface area (Å²) in [5, 5.41) is 10.8. The molecule has 8 aromatic rings. The monoisotopic (exact) mass is 526 g/mol. The molecule has 0 bridgehead atoms. The first-order chi connectivity index (χ1) is 20.3. The van der Waals surface area contributed by atoms with Crippen LogP contribution in [0.3, 0.4) is 0 Å². The van der Waals surface area contributed by atoms with E-state index in [0.717, 1.165) is 50.4 Å². The minimum absolute atomic E-state index is 0.864. The minimum atomic E-state index is 0.864. The molecule has 0 aliphatic heterocycles. The van der Waals surface area contributed by atoms with E-state index in [1.165, 1.54) is 21.5 Å². The average molecular weight is 527 g/mol. The fraction of sp³-hybridized carbons (Fsp3) is 0. The standard InChI is InChI=1S/C38H26N2O/c1-3-12-28(13-4-1)40(29-14-5-2-6-15-29)30-20-21-34-35-24-27(19-22-37(35)41-38(34)25-30)39-36-23-26-11-7-8-16-31(26)32-17-9-10-18-33(32)36/h1-25,39H. The smallest absolute Gasteiger partial charge is 0.137 e. The molecule has 1 aromatic heterocycles. The summed E-state index contributed by atoms with van der Waals surface area (Å²) in [4.78, 5) is 2.25. The van der Waals surface area contributed by atoms with Crippen molar-refractivity contribution < 1.29 is 4.42 Å². The zero-order valence-electron chi connectivity index (χ0n) is 22.3. The molecule has 41 heavy (non-hydrogen) atoms. The highest BCUT2D eigenvalue weighted by molar-refractivity contribution is 6.14. The number of nitrogens with zero attached hydrogens (tertiary/aromatic N) is 1. The van der Waals surface area contributed by atoms with Gasteiger partial charge in [-0.15, -0.1) is 0 Å². The second-order valence-corrected chi connectivity index (χ2v) is 10.3. The Kier molecular flexibility index (Phi) is 5.46. The van der Waals surface area contributed by atoms with Crippen molar-refractivity contribution in [2.45, 2.75) is 0 Å². The molecule has 0 atom stereocenters. The van der Waals surface area contributed by atoms with Crippen LogP contribution in [0.1, 0.15) is 0 Å². The fourth-order valence-corrected chi connectivity index (χ4v) is 5.90. The van der Waals surface area contributed by atoms with Crippen LogP contribution in [0.2, 0.25) is 0 Å². The first-order valence-corrected chi connectivity index (χ1v) is 13.9. The normalized spacial score (nSPS) is 11.4. The maximum Gasteiger partial charge on any atom is 0.137 e. The molecule has 1 heterocycles. The van der Waals surface area contributed by atoms with Gasteiger partial charge in [-0.05, 0) is 76.8 Å². The molecule has 0 spiro atoms. The summed E-state index contributed by atoms with van der Waals surface area (Å²) in [6.45, 7) is 0. The number of nitrogens with one attached hydrogen (secondary N) is 1. The van der Waals surface area contributed by atoms with Crippen molar-refractivity contribution in [1.82, 2.24) is 0 Å². The molecule has 0 unspecified atom stereocenters. The van der Waals surface area contributed by atoms with E-state index in [9.17, 15) is 0 Å². The van der Waals surface area contributed by atoms with Gasteiger partial charge < -0.3 is 14.6 Å². The molecule has 0 amide bonds. The number of anilines is 5. The van der Waals surface area contributed by atoms with Gasteiger partial charge in [0.1, 0.15) is 11.2 Å². The van der Waals surface area contributed by atoms with Gasteiger partial charge in [0, 0.05) is 50.7 Å². The highest BCUT2D eigenvalue weighted by Crippen LogP contribution is 2.39. The Morgan fingerprint density at radius 2 is 1.07 bits per heavy atom. The Balaban J connectivity index is 1.22. The molecule has 0 saturated heterocycles. The third kappa shape index (κ3) is 4.07. The average Bonchev–Trinajstić information content (AvgIpc) is 3.40. The summed E-state index contributed by atoms with van der Waals surface area (Å²) in [7, 11) is 0. The van der Waals surface area contributed by atoms with Crippen LogP contribution in [-0.4, -0.2) is 0 Å². The summed E-state index contributed by atoms with van der Waals surface area (Å²) in [6, 6.07) is 53.1. The fourth-order valence-electron chi connectivity index (χ4n) is 5.90. The van der Waals surface area contributed by atoms with Crippen molar-refractivity contribution in [2.75, 3.05) is 10.2 Å². The molecular weight excluding hydrogens is 500 g/mol. The highest BCUT2D eigenvalue weighted by Gasteiger charge is 2.15. The number of benzene rings is 7. The SMILES string of the molecule is c1ccc(N(c2ccccc2)c2ccc3c(c2)oc2ccc(Nc4cc5ccccc5c5ccccc45)cc23)cc1. The quantitative estimate of drug-likeness (QED) is 0.226. The number of hydrogen-bond acceptors (Lipinski definition) is 3. The lowest BCUT2D eigenvalue weighted by Crippen LogP contribution is -2.09. The van der Waals surface area contributed by atoms with E-state index in [1.54, 1.807) is 0 Å². The first-order valence-electron chi connectivity index (χ1n) is 13.9. The number of furan rings is 1. The van der Waals surface area contributed by atoms with E-state index in [1.807, 2.05) is 12.1 Å². The lowest BCUT2D eigenvalue weighted by molar-refractivity contribution is 0.669. The summed E-state index contributed by atoms with van der Waals surface area (Å²) in [5.74, 6) is 0. The van der Waals surface area contributed by atoms with Crippen molar-refractivity contribution >= 4 is 71.9 Å². The predicted molar refractivity (Wildman–Crippen MR) is 173 cm³/mol. The Morgan fingerprint density at radius 1 is 0.415 bits per heavy atom. The maximum atomic E-state index is 6.39. The molecule has 0 saturated carbocycles. The molecular formula is C38H26N2O. The Morgan fingerprint density at radius 3 is 1.83 bits per heavy atom. The molecule has 194 valence electrons. The zero-order valence-corrected chi connectivity index (χ0v) is 22.3. The molecule has 3 heteroatoms. The van der Waals surface area contributed by atoms with Gasteiger partial charge >= 0.3 is 0 Å². The minimum Gasteiger partial charge on any atom is -0.456 e. The van der Waals surface area contributed by atoms with Crippen molar-refractivity contribution in [2.24, 2.45) is 0 Å². The van der Waals surface area contributed by atoms with Gasteiger partial charge in [0.25, 0.3) is 0 Å². The molecule has 0 aliphatic rings. The van der Waals surface area contributed by atoms with Gasteiger partial charge in [-0.1, -0.05) is 84.9 Å². The second-order valence-electron chi connectivity index (χ2n) is 10.3. The number of rotatable bonds is 5. The maximum absolute atomic E-state index is 6.39. The highest BCUT2D eigenvalue weighted by atomic mass is 16.3. The summed E-state index contributed by atoms with van der Waals surface area (Å²) in [6.07, 6.45) is 0. The Bertz CT molecular complexity index is 2140. The van der Waals surface area contributed by atoms with E-state index in [2.05, 4.69) is 150 Å². The van der Waals surface area contributed by atoms with Crippen molar-refractivity contribution in [1.29, 1.82) is 0 Å². The molecule has 0 aliphatic carbocycles. The van der Waals surface area contributed by atoms with Crippen molar-refractivity contribution in [3.8, 4) is 0 Å². The molecule has 3 nitrogen and oxygen atoms in total. The van der Waals surface area contributed by atoms with E-state index in [0.29, 0.717) is 0 Å². The van der Waals surface area contributed by atoms with Crippen LogP contribution >= 0.6 is 0 Å². The summed E-state index contributed by atoms with van der Waals surface area (Å²) in [5.41, 5.74) is 7.11. The van der Waals surface area contributed by atoms with Crippen LogP contribution in [0.4, 0.5) is 28.4 Å². The zero-order chi connectivity index (χ0) is 27.2. The largest absolute Gasteiger partial charge is 0.456 e. The Hall–Kier alpha value is -5.54. The van der Waals surface area contributed by atoms with Crippen LogP contribution in [0, 0.1) is 0 Å². The van der Waals surface area contributed by atoms with Gasteiger partial charge in [-0.3, -0.25) is 0 Å². The number of fused-ring (bicyclic) bond motifs is 6. The lowest BCUT2D eigenvalue weighted by Gasteiger charge is -2.25. The van der Waals surface area contributed by atoms with Crippen LogP contribution in [0.5, 0.6) is 0 Å². The molecule has 1 N–H and O–H groups in total. The van der Waals surface area contributed by atoms with Crippen LogP contribution in [0.25, 0.3) is 43.5 Å². The van der Waals surface area contributed by atoms with Crippen LogP contribution < -0.4 is 10.2 Å². The second kappa shape index (κ2) is 9.58. The van der Waals surface area contributed by atoms with Crippen LogP contribution in [-0.2, 0) is 0 Å². The third-order valence-corrected chi connectivity index (χ3v) is 7.79. The molecule has 8 rings (SSSR count). The van der Waals surface area contributed by atoms with E-state index >= 15 is 0 Å². The topological polar surface area (TPSA) is 28.4 Å². The van der Waals surface area contributed by atoms with Gasteiger partial charge in [0.15, 0.2) is 0 Å².